The first-order valence-electron chi connectivity index (χ1n) is 6.85. The van der Waals surface area contributed by atoms with Crippen molar-refractivity contribution in [3.05, 3.63) is 35.4 Å². The molecule has 0 saturated heterocycles. The lowest BCUT2D eigenvalue weighted by Gasteiger charge is -2.09. The number of hydrogen-bond donors (Lipinski definition) is 3. The van der Waals surface area contributed by atoms with E-state index in [4.69, 9.17) is 9.84 Å². The normalized spacial score (nSPS) is 10.2. The molecule has 22 heavy (non-hydrogen) atoms. The van der Waals surface area contributed by atoms with Crippen molar-refractivity contribution < 1.29 is 24.2 Å². The number of benzene rings is 1. The van der Waals surface area contributed by atoms with E-state index in [2.05, 4.69) is 10.6 Å². The van der Waals surface area contributed by atoms with Gasteiger partial charge in [0.25, 0.3) is 5.91 Å². The molecule has 0 bridgehead atoms. The summed E-state index contributed by atoms with van der Waals surface area (Å²) in [6.45, 7) is 2.87. The minimum Gasteiger partial charge on any atom is -0.452 e. The van der Waals surface area contributed by atoms with Crippen LogP contribution in [-0.4, -0.2) is 42.1 Å². The zero-order valence-corrected chi connectivity index (χ0v) is 12.6. The second-order valence-electron chi connectivity index (χ2n) is 4.93. The Labute approximate surface area is 128 Å². The highest BCUT2D eigenvalue weighted by Crippen LogP contribution is 2.05. The van der Waals surface area contributed by atoms with Crippen molar-refractivity contribution in [1.29, 1.82) is 0 Å². The van der Waals surface area contributed by atoms with Gasteiger partial charge in [0.05, 0.1) is 18.7 Å². The highest BCUT2D eigenvalue weighted by Gasteiger charge is 2.11. The van der Waals surface area contributed by atoms with Gasteiger partial charge in [-0.3, -0.25) is 9.59 Å². The third kappa shape index (κ3) is 6.36. The largest absolute Gasteiger partial charge is 0.452 e. The fourth-order valence-electron chi connectivity index (χ4n) is 1.56. The van der Waals surface area contributed by atoms with E-state index in [1.807, 2.05) is 13.8 Å². The van der Waals surface area contributed by atoms with Crippen LogP contribution in [0.1, 0.15) is 29.8 Å². The molecule has 3 N–H and O–H groups in total. The summed E-state index contributed by atoms with van der Waals surface area (Å²) in [4.78, 5) is 34.5. The maximum absolute atomic E-state index is 11.7. The van der Waals surface area contributed by atoms with E-state index in [-0.39, 0.29) is 30.7 Å². The van der Waals surface area contributed by atoms with E-state index in [1.165, 1.54) is 12.1 Å². The van der Waals surface area contributed by atoms with Gasteiger partial charge in [-0.25, -0.2) is 4.79 Å². The number of aliphatic hydroxyl groups is 1. The summed E-state index contributed by atoms with van der Waals surface area (Å²) in [6.07, 6.45) is 0. The Morgan fingerprint density at radius 1 is 1.14 bits per heavy atom. The summed E-state index contributed by atoms with van der Waals surface area (Å²) >= 11 is 0. The molecule has 120 valence electrons. The molecular weight excluding hydrogens is 288 g/mol. The summed E-state index contributed by atoms with van der Waals surface area (Å²) in [5.41, 5.74) is 0.952. The third-order valence-corrected chi connectivity index (χ3v) is 2.60. The quantitative estimate of drug-likeness (QED) is 0.614. The predicted octanol–water partition coefficient (Wildman–Crippen LogP) is -0.0235. The van der Waals surface area contributed by atoms with Crippen LogP contribution >= 0.6 is 0 Å². The van der Waals surface area contributed by atoms with Gasteiger partial charge in [0, 0.05) is 6.04 Å². The van der Waals surface area contributed by atoms with Crippen LogP contribution in [0.2, 0.25) is 0 Å². The van der Waals surface area contributed by atoms with E-state index in [0.29, 0.717) is 5.56 Å². The van der Waals surface area contributed by atoms with Crippen LogP contribution in [0.4, 0.5) is 0 Å². The Hall–Kier alpha value is -2.41. The van der Waals surface area contributed by atoms with Gasteiger partial charge in [0.15, 0.2) is 6.61 Å². The van der Waals surface area contributed by atoms with Crippen molar-refractivity contribution in [2.75, 3.05) is 13.2 Å². The third-order valence-electron chi connectivity index (χ3n) is 2.60. The average molecular weight is 308 g/mol. The van der Waals surface area contributed by atoms with Crippen LogP contribution in [0, 0.1) is 0 Å². The van der Waals surface area contributed by atoms with E-state index in [0.717, 1.165) is 0 Å². The lowest BCUT2D eigenvalue weighted by Crippen LogP contribution is -2.41. The van der Waals surface area contributed by atoms with Gasteiger partial charge in [0.1, 0.15) is 0 Å². The van der Waals surface area contributed by atoms with Crippen molar-refractivity contribution in [3.63, 3.8) is 0 Å². The van der Waals surface area contributed by atoms with Crippen molar-refractivity contribution in [2.24, 2.45) is 0 Å². The number of aliphatic hydroxyl groups excluding tert-OH is 1. The van der Waals surface area contributed by atoms with Crippen LogP contribution in [0.15, 0.2) is 24.3 Å². The first-order valence-corrected chi connectivity index (χ1v) is 6.85. The molecule has 1 aromatic carbocycles. The second-order valence-corrected chi connectivity index (χ2v) is 4.93. The smallest absolute Gasteiger partial charge is 0.338 e. The molecule has 0 aromatic heterocycles. The molecule has 1 aromatic rings. The standard InChI is InChI=1S/C15H20N2O5/c1-10(2)17-13(19)7-16-14(20)9-22-15(21)12-5-3-11(8-18)4-6-12/h3-6,10,18H,7-9H2,1-2H3,(H,16,20)(H,17,19). The molecule has 0 unspecified atom stereocenters. The molecule has 7 heteroatoms. The molecular formula is C15H20N2O5. The lowest BCUT2D eigenvalue weighted by atomic mass is 10.1. The second kappa shape index (κ2) is 8.78. The summed E-state index contributed by atoms with van der Waals surface area (Å²) in [7, 11) is 0. The molecule has 0 aliphatic rings. The Kier molecular flexibility index (Phi) is 7.04. The molecule has 0 spiro atoms. The van der Waals surface area contributed by atoms with Gasteiger partial charge in [-0.05, 0) is 31.5 Å². The Balaban J connectivity index is 2.33. The van der Waals surface area contributed by atoms with E-state index < -0.39 is 18.5 Å². The van der Waals surface area contributed by atoms with Crippen LogP contribution in [0.25, 0.3) is 0 Å². The highest BCUT2D eigenvalue weighted by molar-refractivity contribution is 5.92. The SMILES string of the molecule is CC(C)NC(=O)CNC(=O)COC(=O)c1ccc(CO)cc1. The van der Waals surface area contributed by atoms with Gasteiger partial charge >= 0.3 is 5.97 Å². The molecule has 0 fully saturated rings. The monoisotopic (exact) mass is 308 g/mol. The van der Waals surface area contributed by atoms with Crippen LogP contribution in [0.3, 0.4) is 0 Å². The zero-order valence-electron chi connectivity index (χ0n) is 12.6. The van der Waals surface area contributed by atoms with Crippen LogP contribution in [0.5, 0.6) is 0 Å². The molecule has 2 amide bonds. The summed E-state index contributed by atoms with van der Waals surface area (Å²) in [5, 5.41) is 13.9. The fourth-order valence-corrected chi connectivity index (χ4v) is 1.56. The first-order chi connectivity index (χ1) is 10.4. The summed E-state index contributed by atoms with van der Waals surface area (Å²) in [6, 6.07) is 6.17. The van der Waals surface area contributed by atoms with Gasteiger partial charge in [-0.1, -0.05) is 12.1 Å². The number of nitrogens with one attached hydrogen (secondary N) is 2. The van der Waals surface area contributed by atoms with Crippen LogP contribution < -0.4 is 10.6 Å². The minimum atomic E-state index is -0.647. The maximum Gasteiger partial charge on any atom is 0.338 e. The predicted molar refractivity (Wildman–Crippen MR) is 78.9 cm³/mol. The first kappa shape index (κ1) is 17.6. The van der Waals surface area contributed by atoms with Crippen LogP contribution in [-0.2, 0) is 20.9 Å². The molecule has 0 heterocycles. The van der Waals surface area contributed by atoms with Crippen molar-refractivity contribution in [3.8, 4) is 0 Å². The molecule has 0 aliphatic heterocycles. The zero-order chi connectivity index (χ0) is 16.5. The number of carbonyl (C=O) groups excluding carboxylic acids is 3. The van der Waals surface area contributed by atoms with Gasteiger partial charge in [0.2, 0.25) is 5.91 Å². The molecule has 0 atom stereocenters. The van der Waals surface area contributed by atoms with E-state index >= 15 is 0 Å². The Bertz CT molecular complexity index is 525. The number of ether oxygens (including phenoxy) is 1. The summed E-state index contributed by atoms with van der Waals surface area (Å²) in [5.74, 6) is -1.51. The molecule has 0 saturated carbocycles. The minimum absolute atomic E-state index is 0.0101. The topological polar surface area (TPSA) is 105 Å². The van der Waals surface area contributed by atoms with Gasteiger partial charge in [-0.2, -0.15) is 0 Å². The lowest BCUT2D eigenvalue weighted by molar-refractivity contribution is -0.128. The average Bonchev–Trinajstić information content (AvgIpc) is 2.50. The van der Waals surface area contributed by atoms with Gasteiger partial charge < -0.3 is 20.5 Å². The van der Waals surface area contributed by atoms with Crippen molar-refractivity contribution in [1.82, 2.24) is 10.6 Å². The number of hydrogen-bond acceptors (Lipinski definition) is 5. The summed E-state index contributed by atoms with van der Waals surface area (Å²) < 4.78 is 4.83. The number of esters is 1. The molecule has 0 radical (unpaired) electrons. The van der Waals surface area contributed by atoms with Crippen molar-refractivity contribution in [2.45, 2.75) is 26.5 Å². The van der Waals surface area contributed by atoms with Crippen molar-refractivity contribution >= 4 is 17.8 Å². The number of amides is 2. The molecule has 0 aliphatic carbocycles. The Morgan fingerprint density at radius 3 is 2.32 bits per heavy atom. The van der Waals surface area contributed by atoms with Gasteiger partial charge in [-0.15, -0.1) is 0 Å². The fraction of sp³-hybridized carbons (Fsp3) is 0.400. The molecule has 1 rings (SSSR count). The van der Waals surface area contributed by atoms with E-state index in [1.54, 1.807) is 12.1 Å². The number of carbonyl (C=O) groups is 3. The highest BCUT2D eigenvalue weighted by atomic mass is 16.5. The molecule has 7 nitrogen and oxygen atoms in total. The Morgan fingerprint density at radius 2 is 1.77 bits per heavy atom. The van der Waals surface area contributed by atoms with E-state index in [9.17, 15) is 14.4 Å². The number of rotatable bonds is 7. The maximum atomic E-state index is 11.7.